The van der Waals surface area contributed by atoms with Crippen LogP contribution in [-0.2, 0) is 16.2 Å². The smallest absolute Gasteiger partial charge is 0.351 e. The number of thiophene rings is 1. The van der Waals surface area contributed by atoms with Gasteiger partial charge in [0.25, 0.3) is 10.0 Å². The zero-order valence-electron chi connectivity index (χ0n) is 17.6. The highest BCUT2D eigenvalue weighted by atomic mass is 32.2. The fraction of sp³-hybridized carbons (Fsp3) is 0.333. The van der Waals surface area contributed by atoms with Gasteiger partial charge in [0.1, 0.15) is 0 Å². The van der Waals surface area contributed by atoms with Crippen molar-refractivity contribution >= 4 is 38.3 Å². The van der Waals surface area contributed by atoms with Crippen LogP contribution in [0.3, 0.4) is 0 Å². The first-order chi connectivity index (χ1) is 15.7. The molecule has 0 unspecified atom stereocenters. The molecule has 0 radical (unpaired) electrons. The number of likely N-dealkylation sites (tertiary alicyclic amines) is 1. The summed E-state index contributed by atoms with van der Waals surface area (Å²) in [4.78, 5) is 2.55. The SMILES string of the molecule is CS/C(=N\S(=O)(=O)c1ccc(-n2nc(C(F)(F)F)cc2-c2cccs2)cc1)N1CCCCC1. The minimum Gasteiger partial charge on any atom is -0.351 e. The number of nitrogens with zero attached hydrogens (tertiary/aromatic N) is 4. The Bertz CT molecular complexity index is 1230. The summed E-state index contributed by atoms with van der Waals surface area (Å²) < 4.78 is 70.9. The molecule has 176 valence electrons. The van der Waals surface area contributed by atoms with Gasteiger partial charge in [0.15, 0.2) is 10.9 Å². The summed E-state index contributed by atoms with van der Waals surface area (Å²) in [7, 11) is -3.97. The molecule has 0 spiro atoms. The van der Waals surface area contributed by atoms with Crippen LogP contribution in [0.15, 0.2) is 57.1 Å². The molecular weight excluding hydrogens is 493 g/mol. The van der Waals surface area contributed by atoms with Crippen LogP contribution in [-0.4, -0.2) is 47.6 Å². The van der Waals surface area contributed by atoms with Gasteiger partial charge in [0, 0.05) is 13.1 Å². The second kappa shape index (κ2) is 9.51. The molecule has 1 aliphatic rings. The summed E-state index contributed by atoms with van der Waals surface area (Å²) >= 11 is 2.57. The van der Waals surface area contributed by atoms with Crippen molar-refractivity contribution in [2.45, 2.75) is 30.3 Å². The molecule has 1 aromatic carbocycles. The topological polar surface area (TPSA) is 67.6 Å². The standard InChI is InChI=1S/C21H21F3N4O2S3/c1-31-20(27-11-3-2-4-12-27)26-33(29,30)16-9-7-15(8-10-16)28-17(18-6-5-13-32-18)14-19(25-28)21(22,23)24/h5-10,13-14H,2-4,11-12H2,1H3/b26-20-. The normalized spacial score (nSPS) is 15.8. The van der Waals surface area contributed by atoms with Gasteiger partial charge in [-0.05, 0) is 67.3 Å². The number of halogens is 3. The van der Waals surface area contributed by atoms with E-state index in [0.29, 0.717) is 15.7 Å². The minimum atomic E-state index is -4.60. The Labute approximate surface area is 198 Å². The van der Waals surface area contributed by atoms with E-state index >= 15 is 0 Å². The highest BCUT2D eigenvalue weighted by molar-refractivity contribution is 8.13. The zero-order chi connectivity index (χ0) is 23.6. The van der Waals surface area contributed by atoms with Crippen LogP contribution in [0.2, 0.25) is 0 Å². The summed E-state index contributed by atoms with van der Waals surface area (Å²) in [5, 5.41) is 5.94. The Kier molecular flexibility index (Phi) is 6.87. The van der Waals surface area contributed by atoms with Gasteiger partial charge in [-0.3, -0.25) is 0 Å². The molecule has 1 saturated heterocycles. The van der Waals surface area contributed by atoms with E-state index < -0.39 is 21.9 Å². The van der Waals surface area contributed by atoms with E-state index in [9.17, 15) is 21.6 Å². The fourth-order valence-corrected chi connectivity index (χ4v) is 6.21. The van der Waals surface area contributed by atoms with Gasteiger partial charge in [0.2, 0.25) is 0 Å². The van der Waals surface area contributed by atoms with Crippen molar-refractivity contribution < 1.29 is 21.6 Å². The van der Waals surface area contributed by atoms with E-state index in [2.05, 4.69) is 9.50 Å². The highest BCUT2D eigenvalue weighted by Gasteiger charge is 2.35. The lowest BCUT2D eigenvalue weighted by Crippen LogP contribution is -2.34. The Morgan fingerprint density at radius 3 is 2.39 bits per heavy atom. The van der Waals surface area contributed by atoms with Crippen molar-refractivity contribution in [3.05, 3.63) is 53.5 Å². The van der Waals surface area contributed by atoms with Gasteiger partial charge in [-0.1, -0.05) is 17.8 Å². The average molecular weight is 515 g/mol. The van der Waals surface area contributed by atoms with E-state index in [1.54, 1.807) is 23.8 Å². The summed E-state index contributed by atoms with van der Waals surface area (Å²) in [5.74, 6) is 0. The largest absolute Gasteiger partial charge is 0.435 e. The summed E-state index contributed by atoms with van der Waals surface area (Å²) in [5.41, 5.74) is -0.419. The predicted molar refractivity (Wildman–Crippen MR) is 125 cm³/mol. The third-order valence-electron chi connectivity index (χ3n) is 5.16. The second-order valence-electron chi connectivity index (χ2n) is 7.40. The minimum absolute atomic E-state index is 0.0318. The molecule has 2 aromatic heterocycles. The zero-order valence-corrected chi connectivity index (χ0v) is 20.1. The number of alkyl halides is 3. The van der Waals surface area contributed by atoms with E-state index in [1.807, 2.05) is 4.90 Å². The lowest BCUT2D eigenvalue weighted by molar-refractivity contribution is -0.141. The van der Waals surface area contributed by atoms with Crippen LogP contribution >= 0.6 is 23.1 Å². The quantitative estimate of drug-likeness (QED) is 0.339. The molecule has 0 aliphatic carbocycles. The molecule has 1 fully saturated rings. The monoisotopic (exact) mass is 514 g/mol. The molecule has 33 heavy (non-hydrogen) atoms. The lowest BCUT2D eigenvalue weighted by atomic mass is 10.1. The summed E-state index contributed by atoms with van der Waals surface area (Å²) in [6.45, 7) is 1.53. The number of rotatable bonds is 4. The molecule has 3 aromatic rings. The predicted octanol–water partition coefficient (Wildman–Crippen LogP) is 5.51. The molecule has 3 heterocycles. The van der Waals surface area contributed by atoms with Crippen LogP contribution in [0.5, 0.6) is 0 Å². The first-order valence-electron chi connectivity index (χ1n) is 10.1. The van der Waals surface area contributed by atoms with Crippen LogP contribution in [0, 0.1) is 0 Å². The van der Waals surface area contributed by atoms with Crippen LogP contribution < -0.4 is 0 Å². The number of thioether (sulfide) groups is 1. The molecule has 0 atom stereocenters. The third-order valence-corrected chi connectivity index (χ3v) is 8.16. The molecule has 0 bridgehead atoms. The van der Waals surface area contributed by atoms with Gasteiger partial charge in [-0.25, -0.2) is 4.68 Å². The fourth-order valence-electron chi connectivity index (χ4n) is 3.54. The van der Waals surface area contributed by atoms with Crippen molar-refractivity contribution in [1.29, 1.82) is 0 Å². The number of benzene rings is 1. The Morgan fingerprint density at radius 1 is 1.12 bits per heavy atom. The maximum absolute atomic E-state index is 13.3. The molecule has 6 nitrogen and oxygen atoms in total. The summed E-state index contributed by atoms with van der Waals surface area (Å²) in [6.07, 6.45) is 0.282. The molecule has 12 heteroatoms. The maximum atomic E-state index is 13.3. The number of piperidine rings is 1. The Balaban J connectivity index is 1.67. The average Bonchev–Trinajstić information content (AvgIpc) is 3.48. The number of amidine groups is 1. The van der Waals surface area contributed by atoms with Crippen LogP contribution in [0.4, 0.5) is 13.2 Å². The molecule has 0 N–H and O–H groups in total. The Morgan fingerprint density at radius 2 is 1.82 bits per heavy atom. The van der Waals surface area contributed by atoms with Gasteiger partial charge in [-0.2, -0.15) is 26.7 Å². The highest BCUT2D eigenvalue weighted by Crippen LogP contribution is 2.35. The van der Waals surface area contributed by atoms with E-state index in [1.165, 1.54) is 52.0 Å². The van der Waals surface area contributed by atoms with Crippen LogP contribution in [0.1, 0.15) is 25.0 Å². The van der Waals surface area contributed by atoms with Gasteiger partial charge in [-0.15, -0.1) is 15.7 Å². The molecule has 0 amide bonds. The van der Waals surface area contributed by atoms with E-state index in [0.717, 1.165) is 38.4 Å². The van der Waals surface area contributed by atoms with Gasteiger partial charge >= 0.3 is 6.18 Å². The molecular formula is C21H21F3N4O2S3. The third kappa shape index (κ3) is 5.28. The van der Waals surface area contributed by atoms with E-state index in [4.69, 9.17) is 0 Å². The van der Waals surface area contributed by atoms with Gasteiger partial charge < -0.3 is 4.90 Å². The number of aromatic nitrogens is 2. The first-order valence-corrected chi connectivity index (χ1v) is 13.7. The van der Waals surface area contributed by atoms with Crippen LogP contribution in [0.25, 0.3) is 16.3 Å². The summed E-state index contributed by atoms with van der Waals surface area (Å²) in [6, 6.07) is 9.99. The maximum Gasteiger partial charge on any atom is 0.435 e. The number of sulfonamides is 1. The number of hydrogen-bond acceptors (Lipinski definition) is 5. The van der Waals surface area contributed by atoms with Crippen molar-refractivity contribution in [3.63, 3.8) is 0 Å². The second-order valence-corrected chi connectivity index (χ2v) is 10.7. The first kappa shape index (κ1) is 23.8. The van der Waals surface area contributed by atoms with Crippen molar-refractivity contribution in [2.24, 2.45) is 4.40 Å². The van der Waals surface area contributed by atoms with Crippen molar-refractivity contribution in [3.8, 4) is 16.3 Å². The van der Waals surface area contributed by atoms with E-state index in [-0.39, 0.29) is 10.6 Å². The molecule has 1 aliphatic heterocycles. The Hall–Kier alpha value is -2.31. The van der Waals surface area contributed by atoms with Gasteiger partial charge in [0.05, 0.1) is 21.2 Å². The molecule has 4 rings (SSSR count). The molecule has 0 saturated carbocycles. The van der Waals surface area contributed by atoms with Crippen molar-refractivity contribution in [1.82, 2.24) is 14.7 Å². The lowest BCUT2D eigenvalue weighted by Gasteiger charge is -2.28. The van der Waals surface area contributed by atoms with Crippen molar-refractivity contribution in [2.75, 3.05) is 19.3 Å². The number of hydrogen-bond donors (Lipinski definition) is 0.